The van der Waals surface area contributed by atoms with Crippen LogP contribution in [0, 0.1) is 0 Å². The summed E-state index contributed by atoms with van der Waals surface area (Å²) in [5.41, 5.74) is 5.18. The Morgan fingerprint density at radius 2 is 1.79 bits per heavy atom. The lowest BCUT2D eigenvalue weighted by Crippen LogP contribution is -2.48. The van der Waals surface area contributed by atoms with Gasteiger partial charge in [0.15, 0.2) is 5.88 Å². The van der Waals surface area contributed by atoms with Gasteiger partial charge in [-0.15, -0.1) is 0 Å². The predicted molar refractivity (Wildman–Crippen MR) is 169 cm³/mol. The van der Waals surface area contributed by atoms with Crippen LogP contribution in [-0.2, 0) is 4.79 Å². The molecular weight excluding hydrogens is 552 g/mol. The third-order valence-electron chi connectivity index (χ3n) is 8.11. The van der Waals surface area contributed by atoms with Crippen LogP contribution in [0.25, 0.3) is 10.9 Å². The highest BCUT2D eigenvalue weighted by Gasteiger charge is 2.23. The summed E-state index contributed by atoms with van der Waals surface area (Å²) in [5, 5.41) is 12.4. The normalized spacial score (nSPS) is 16.4. The summed E-state index contributed by atoms with van der Waals surface area (Å²) in [7, 11) is 5.95. The number of aromatic amines is 1. The van der Waals surface area contributed by atoms with Gasteiger partial charge in [-0.05, 0) is 55.6 Å². The molecule has 218 valence electrons. The minimum Gasteiger partial charge on any atom is -0.494 e. The van der Waals surface area contributed by atoms with Crippen molar-refractivity contribution in [3.8, 4) is 11.6 Å². The maximum atomic E-state index is 13.0. The quantitative estimate of drug-likeness (QED) is 0.318. The molecule has 0 aliphatic carbocycles. The van der Waals surface area contributed by atoms with Crippen LogP contribution in [0.1, 0.15) is 11.1 Å². The number of benzene rings is 3. The number of rotatable bonds is 6. The van der Waals surface area contributed by atoms with E-state index in [4.69, 9.17) is 21.3 Å². The summed E-state index contributed by atoms with van der Waals surface area (Å²) in [5.74, 6) is 0.831. The van der Waals surface area contributed by atoms with Gasteiger partial charge in [-0.25, -0.2) is 4.99 Å². The number of hydrogen-bond acceptors (Lipinski definition) is 7. The molecule has 3 aromatic carbocycles. The average Bonchev–Trinajstić information content (AvgIpc) is 3.31. The Morgan fingerprint density at radius 1 is 1.02 bits per heavy atom. The van der Waals surface area contributed by atoms with E-state index in [1.165, 1.54) is 0 Å². The summed E-state index contributed by atoms with van der Waals surface area (Å²) >= 11 is 6.24. The number of carbonyl (C=O) groups is 1. The molecule has 10 heteroatoms. The number of aromatic hydroxyl groups is 1. The summed E-state index contributed by atoms with van der Waals surface area (Å²) in [4.78, 5) is 29.4. The number of aromatic nitrogens is 1. The summed E-state index contributed by atoms with van der Waals surface area (Å²) in [6, 6.07) is 19.0. The predicted octanol–water partition coefficient (Wildman–Crippen LogP) is 4.73. The fourth-order valence-corrected chi connectivity index (χ4v) is 5.66. The van der Waals surface area contributed by atoms with Crippen molar-refractivity contribution in [3.63, 3.8) is 0 Å². The molecule has 6 rings (SSSR count). The van der Waals surface area contributed by atoms with Crippen molar-refractivity contribution in [3.05, 3.63) is 76.8 Å². The van der Waals surface area contributed by atoms with Crippen molar-refractivity contribution >= 4 is 51.2 Å². The zero-order valence-electron chi connectivity index (χ0n) is 24.1. The Labute approximate surface area is 250 Å². The fourth-order valence-electron chi connectivity index (χ4n) is 5.49. The van der Waals surface area contributed by atoms with E-state index in [1.54, 1.807) is 24.1 Å². The van der Waals surface area contributed by atoms with E-state index < -0.39 is 0 Å². The molecule has 1 aromatic heterocycles. The minimum atomic E-state index is 0.00707. The molecule has 9 nitrogen and oxygen atoms in total. The number of anilines is 2. The molecule has 1 amide bonds. The summed E-state index contributed by atoms with van der Waals surface area (Å²) < 4.78 is 5.98. The Bertz CT molecular complexity index is 1640. The minimum absolute atomic E-state index is 0.00707. The van der Waals surface area contributed by atoms with Gasteiger partial charge < -0.3 is 29.5 Å². The maximum Gasteiger partial charge on any atom is 0.240 e. The molecule has 2 N–H and O–H groups in total. The number of aliphatic imine (C=N–C) groups is 1. The van der Waals surface area contributed by atoms with E-state index >= 15 is 0 Å². The topological polar surface area (TPSA) is 87.6 Å². The summed E-state index contributed by atoms with van der Waals surface area (Å²) in [6.45, 7) is 5.53. The van der Waals surface area contributed by atoms with E-state index in [0.717, 1.165) is 60.8 Å². The maximum absolute atomic E-state index is 13.0. The molecule has 0 bridgehead atoms. The van der Waals surface area contributed by atoms with Crippen molar-refractivity contribution in [1.29, 1.82) is 0 Å². The Morgan fingerprint density at radius 3 is 2.55 bits per heavy atom. The molecule has 0 unspecified atom stereocenters. The number of halogens is 1. The second-order valence-electron chi connectivity index (χ2n) is 11.0. The molecule has 1 fully saturated rings. The highest BCUT2D eigenvalue weighted by Crippen LogP contribution is 2.37. The first kappa shape index (κ1) is 28.1. The first-order valence-corrected chi connectivity index (χ1v) is 14.5. The third-order valence-corrected chi connectivity index (χ3v) is 8.35. The number of carbonyl (C=O) groups excluding carboxylic acids is 1. The molecule has 0 saturated carbocycles. The van der Waals surface area contributed by atoms with Gasteiger partial charge in [-0.3, -0.25) is 9.69 Å². The van der Waals surface area contributed by atoms with Crippen LogP contribution in [0.4, 0.5) is 17.1 Å². The standard InChI is InChI=1S/C32H35ClN6O3/c1-36-12-14-39(15-13-36)20-29(40)38(3)24-8-6-23(7-9-24)34-31(21-4-11-27-28(18-21)42-17-16-37(27)2)30-25-10-5-22(33)19-26(25)35-32(30)41/h4-11,18-19,35,41H,12-17,20H2,1-3H3. The van der Waals surface area contributed by atoms with Gasteiger partial charge in [0.05, 0.1) is 41.3 Å². The SMILES string of the molecule is CN1CCN(CC(=O)N(C)c2ccc(N=C(c3ccc4c(c3)OCCN4C)c3c(O)[nH]c4cc(Cl)ccc34)cc2)CC1. The van der Waals surface area contributed by atoms with Gasteiger partial charge >= 0.3 is 0 Å². The lowest BCUT2D eigenvalue weighted by Gasteiger charge is -2.32. The van der Waals surface area contributed by atoms with Crippen molar-refractivity contribution in [2.75, 3.05) is 76.8 Å². The van der Waals surface area contributed by atoms with E-state index in [0.29, 0.717) is 40.7 Å². The first-order valence-electron chi connectivity index (χ1n) is 14.1. The number of hydrogen-bond donors (Lipinski definition) is 2. The van der Waals surface area contributed by atoms with Crippen molar-refractivity contribution in [2.45, 2.75) is 0 Å². The highest BCUT2D eigenvalue weighted by molar-refractivity contribution is 6.31. The van der Waals surface area contributed by atoms with Crippen LogP contribution in [0.2, 0.25) is 5.02 Å². The van der Waals surface area contributed by atoms with Crippen LogP contribution in [0.3, 0.4) is 0 Å². The molecule has 2 aliphatic rings. The van der Waals surface area contributed by atoms with Crippen LogP contribution < -0.4 is 14.5 Å². The van der Waals surface area contributed by atoms with E-state index in [2.05, 4.69) is 26.7 Å². The Hall–Kier alpha value is -4.05. The Balaban J connectivity index is 1.34. The average molecular weight is 587 g/mol. The number of piperazine rings is 1. The largest absolute Gasteiger partial charge is 0.494 e. The van der Waals surface area contributed by atoms with Gasteiger partial charge in [-0.1, -0.05) is 23.7 Å². The van der Waals surface area contributed by atoms with Crippen LogP contribution in [-0.4, -0.2) is 98.5 Å². The molecule has 0 atom stereocenters. The highest BCUT2D eigenvalue weighted by atomic mass is 35.5. The van der Waals surface area contributed by atoms with Crippen LogP contribution in [0.5, 0.6) is 11.6 Å². The smallest absolute Gasteiger partial charge is 0.240 e. The molecule has 0 radical (unpaired) electrons. The molecule has 0 spiro atoms. The van der Waals surface area contributed by atoms with Crippen molar-refractivity contribution < 1.29 is 14.6 Å². The zero-order valence-corrected chi connectivity index (χ0v) is 24.9. The third kappa shape index (κ3) is 5.68. The van der Waals surface area contributed by atoms with Crippen LogP contribution in [0.15, 0.2) is 65.7 Å². The zero-order chi connectivity index (χ0) is 29.4. The second-order valence-corrected chi connectivity index (χ2v) is 11.4. The lowest BCUT2D eigenvalue weighted by atomic mass is 9.99. The van der Waals surface area contributed by atoms with Gasteiger partial charge in [0.25, 0.3) is 0 Å². The van der Waals surface area contributed by atoms with Crippen molar-refractivity contribution in [2.24, 2.45) is 4.99 Å². The molecular formula is C32H35ClN6O3. The fraction of sp³-hybridized carbons (Fsp3) is 0.312. The molecule has 42 heavy (non-hydrogen) atoms. The van der Waals surface area contributed by atoms with Crippen molar-refractivity contribution in [1.82, 2.24) is 14.8 Å². The first-order chi connectivity index (χ1) is 20.3. The number of nitrogens with zero attached hydrogens (tertiary/aromatic N) is 5. The van der Waals surface area contributed by atoms with E-state index in [-0.39, 0.29) is 11.8 Å². The number of amides is 1. The molecule has 1 saturated heterocycles. The van der Waals surface area contributed by atoms with Gasteiger partial charge in [0, 0.05) is 61.9 Å². The number of fused-ring (bicyclic) bond motifs is 2. The monoisotopic (exact) mass is 586 g/mol. The number of nitrogens with one attached hydrogen (secondary N) is 1. The lowest BCUT2D eigenvalue weighted by molar-refractivity contribution is -0.119. The van der Waals surface area contributed by atoms with Gasteiger partial charge in [0.2, 0.25) is 5.91 Å². The van der Waals surface area contributed by atoms with Gasteiger partial charge in [0.1, 0.15) is 12.4 Å². The number of ether oxygens (including phenoxy) is 1. The molecule has 2 aliphatic heterocycles. The van der Waals surface area contributed by atoms with E-state index in [9.17, 15) is 9.90 Å². The second kappa shape index (κ2) is 11.7. The number of likely N-dealkylation sites (N-methyl/N-ethyl adjacent to an activating group) is 3. The van der Waals surface area contributed by atoms with Crippen LogP contribution >= 0.6 is 11.6 Å². The molecule has 4 aromatic rings. The molecule has 3 heterocycles. The Kier molecular flexibility index (Phi) is 7.81. The number of H-pyrrole nitrogens is 1. The van der Waals surface area contributed by atoms with E-state index in [1.807, 2.05) is 55.6 Å². The van der Waals surface area contributed by atoms with Gasteiger partial charge in [-0.2, -0.15) is 0 Å². The summed E-state index contributed by atoms with van der Waals surface area (Å²) in [6.07, 6.45) is 0.